The zero-order chi connectivity index (χ0) is 17.0. The van der Waals surface area contributed by atoms with E-state index in [2.05, 4.69) is 51.1 Å². The minimum atomic E-state index is -0.217. The number of esters is 1. The van der Waals surface area contributed by atoms with E-state index in [9.17, 15) is 4.79 Å². The van der Waals surface area contributed by atoms with Crippen LogP contribution >= 0.6 is 0 Å². The third-order valence-electron chi connectivity index (χ3n) is 6.52. The van der Waals surface area contributed by atoms with Crippen molar-refractivity contribution >= 4 is 5.97 Å². The SMILES string of the molecule is CC(C)(C)COC(=O)C12CC3CC(C1)CC(c1ccccc1)(C3)C2. The van der Waals surface area contributed by atoms with E-state index in [-0.39, 0.29) is 22.2 Å². The molecule has 0 saturated heterocycles. The molecule has 2 nitrogen and oxygen atoms in total. The number of ether oxygens (including phenoxy) is 1. The molecule has 2 unspecified atom stereocenters. The number of carbonyl (C=O) groups is 1. The number of hydrogen-bond acceptors (Lipinski definition) is 2. The van der Waals surface area contributed by atoms with Crippen LogP contribution in [0.4, 0.5) is 0 Å². The van der Waals surface area contributed by atoms with Gasteiger partial charge in [-0.3, -0.25) is 4.79 Å². The van der Waals surface area contributed by atoms with Crippen molar-refractivity contribution in [1.82, 2.24) is 0 Å². The number of rotatable bonds is 3. The summed E-state index contributed by atoms with van der Waals surface area (Å²) in [5.74, 6) is 1.49. The largest absolute Gasteiger partial charge is 0.465 e. The van der Waals surface area contributed by atoms with E-state index < -0.39 is 0 Å². The predicted molar refractivity (Wildman–Crippen MR) is 95.6 cm³/mol. The summed E-state index contributed by atoms with van der Waals surface area (Å²) in [7, 11) is 0. The van der Waals surface area contributed by atoms with E-state index in [0.29, 0.717) is 18.4 Å². The van der Waals surface area contributed by atoms with Gasteiger partial charge in [0, 0.05) is 0 Å². The molecule has 0 spiro atoms. The van der Waals surface area contributed by atoms with E-state index in [0.717, 1.165) is 19.3 Å². The van der Waals surface area contributed by atoms with Gasteiger partial charge >= 0.3 is 5.97 Å². The monoisotopic (exact) mass is 326 g/mol. The molecule has 4 fully saturated rings. The average molecular weight is 326 g/mol. The maximum Gasteiger partial charge on any atom is 0.312 e. The fraction of sp³-hybridized carbons (Fsp3) is 0.682. The molecule has 1 aromatic rings. The molecule has 5 rings (SSSR count). The normalized spacial score (nSPS) is 37.5. The molecule has 4 bridgehead atoms. The lowest BCUT2D eigenvalue weighted by atomic mass is 9.43. The van der Waals surface area contributed by atoms with Gasteiger partial charge in [0.1, 0.15) is 0 Å². The first-order chi connectivity index (χ1) is 11.3. The van der Waals surface area contributed by atoms with Gasteiger partial charge in [-0.2, -0.15) is 0 Å². The average Bonchev–Trinajstić information content (AvgIpc) is 2.51. The maximum absolute atomic E-state index is 13.1. The minimum absolute atomic E-state index is 0.0368. The van der Waals surface area contributed by atoms with E-state index in [1.54, 1.807) is 0 Å². The van der Waals surface area contributed by atoms with Crippen molar-refractivity contribution in [2.75, 3.05) is 6.61 Å². The molecule has 4 saturated carbocycles. The second-order valence-electron chi connectivity index (χ2n) is 10.0. The molecule has 0 aromatic heterocycles. The van der Waals surface area contributed by atoms with Gasteiger partial charge in [0.15, 0.2) is 0 Å². The Kier molecular flexibility index (Phi) is 3.60. The van der Waals surface area contributed by atoms with Crippen LogP contribution < -0.4 is 0 Å². The van der Waals surface area contributed by atoms with Crippen LogP contribution in [0.15, 0.2) is 30.3 Å². The van der Waals surface area contributed by atoms with Crippen molar-refractivity contribution in [3.05, 3.63) is 35.9 Å². The highest BCUT2D eigenvalue weighted by molar-refractivity contribution is 5.78. The quantitative estimate of drug-likeness (QED) is 0.721. The lowest BCUT2D eigenvalue weighted by Gasteiger charge is -2.61. The molecule has 130 valence electrons. The van der Waals surface area contributed by atoms with Crippen molar-refractivity contribution in [3.63, 3.8) is 0 Å². The van der Waals surface area contributed by atoms with Crippen LogP contribution in [-0.2, 0) is 14.9 Å². The second kappa shape index (κ2) is 5.34. The summed E-state index contributed by atoms with van der Waals surface area (Å²) in [5, 5.41) is 0. The predicted octanol–water partition coefficient (Wildman–Crippen LogP) is 5.11. The van der Waals surface area contributed by atoms with E-state index in [1.807, 2.05) is 0 Å². The van der Waals surface area contributed by atoms with Gasteiger partial charge in [0.25, 0.3) is 0 Å². The van der Waals surface area contributed by atoms with E-state index >= 15 is 0 Å². The van der Waals surface area contributed by atoms with Gasteiger partial charge in [-0.05, 0) is 66.8 Å². The van der Waals surface area contributed by atoms with Crippen LogP contribution in [0.5, 0.6) is 0 Å². The lowest BCUT2D eigenvalue weighted by molar-refractivity contribution is -0.176. The van der Waals surface area contributed by atoms with Gasteiger partial charge in [0.2, 0.25) is 0 Å². The van der Waals surface area contributed by atoms with Crippen molar-refractivity contribution in [2.24, 2.45) is 22.7 Å². The highest BCUT2D eigenvalue weighted by Crippen LogP contribution is 2.66. The molecule has 4 aliphatic carbocycles. The number of benzene rings is 1. The number of hydrogen-bond donors (Lipinski definition) is 0. The zero-order valence-corrected chi connectivity index (χ0v) is 15.3. The molecular weight excluding hydrogens is 296 g/mol. The first-order valence-corrected chi connectivity index (χ1v) is 9.53. The third kappa shape index (κ3) is 2.68. The molecule has 24 heavy (non-hydrogen) atoms. The summed E-state index contributed by atoms with van der Waals surface area (Å²) in [6.45, 7) is 6.92. The van der Waals surface area contributed by atoms with E-state index in [4.69, 9.17) is 4.74 Å². The Bertz CT molecular complexity index is 611. The second-order valence-corrected chi connectivity index (χ2v) is 10.0. The molecule has 0 radical (unpaired) electrons. The summed E-state index contributed by atoms with van der Waals surface area (Å²) < 4.78 is 5.83. The Morgan fingerprint density at radius 3 is 2.29 bits per heavy atom. The highest BCUT2D eigenvalue weighted by atomic mass is 16.5. The van der Waals surface area contributed by atoms with Gasteiger partial charge < -0.3 is 4.74 Å². The van der Waals surface area contributed by atoms with Crippen LogP contribution in [0.25, 0.3) is 0 Å². The Hall–Kier alpha value is -1.31. The van der Waals surface area contributed by atoms with Gasteiger partial charge in [-0.1, -0.05) is 51.1 Å². The third-order valence-corrected chi connectivity index (χ3v) is 6.52. The fourth-order valence-corrected chi connectivity index (χ4v) is 6.07. The molecule has 2 heteroatoms. The summed E-state index contributed by atoms with van der Waals surface area (Å²) >= 11 is 0. The van der Waals surface area contributed by atoms with Gasteiger partial charge in [-0.25, -0.2) is 0 Å². The topological polar surface area (TPSA) is 26.3 Å². The molecule has 0 amide bonds. The maximum atomic E-state index is 13.1. The smallest absolute Gasteiger partial charge is 0.312 e. The molecule has 0 N–H and O–H groups in total. The summed E-state index contributed by atoms with van der Waals surface area (Å²) in [4.78, 5) is 13.1. The summed E-state index contributed by atoms with van der Waals surface area (Å²) in [5.41, 5.74) is 1.49. The standard InChI is InChI=1S/C22H30O2/c1-20(2,3)15-24-19(23)22-12-16-9-17(13-22)11-21(10-16,14-22)18-7-5-4-6-8-18/h4-8,16-17H,9-15H2,1-3H3. The molecule has 2 atom stereocenters. The Morgan fingerprint density at radius 1 is 1.08 bits per heavy atom. The molecular formula is C22H30O2. The van der Waals surface area contributed by atoms with Gasteiger partial charge in [0.05, 0.1) is 12.0 Å². The van der Waals surface area contributed by atoms with Crippen molar-refractivity contribution < 1.29 is 9.53 Å². The molecule has 0 heterocycles. The van der Waals surface area contributed by atoms with Crippen molar-refractivity contribution in [3.8, 4) is 0 Å². The van der Waals surface area contributed by atoms with Crippen LogP contribution in [0.2, 0.25) is 0 Å². The summed E-state index contributed by atoms with van der Waals surface area (Å²) in [6, 6.07) is 11.0. The van der Waals surface area contributed by atoms with E-state index in [1.165, 1.54) is 24.8 Å². The fourth-order valence-electron chi connectivity index (χ4n) is 6.07. The molecule has 4 aliphatic rings. The zero-order valence-electron chi connectivity index (χ0n) is 15.3. The number of carbonyl (C=O) groups excluding carboxylic acids is 1. The van der Waals surface area contributed by atoms with Crippen LogP contribution in [0.1, 0.15) is 64.9 Å². The summed E-state index contributed by atoms with van der Waals surface area (Å²) in [6.07, 6.45) is 6.97. The van der Waals surface area contributed by atoms with Gasteiger partial charge in [-0.15, -0.1) is 0 Å². The minimum Gasteiger partial charge on any atom is -0.465 e. The molecule has 1 aromatic carbocycles. The lowest BCUT2D eigenvalue weighted by Crippen LogP contribution is -2.57. The Morgan fingerprint density at radius 2 is 1.71 bits per heavy atom. The molecule has 0 aliphatic heterocycles. The highest BCUT2D eigenvalue weighted by Gasteiger charge is 2.61. The van der Waals surface area contributed by atoms with Crippen molar-refractivity contribution in [2.45, 2.75) is 64.7 Å². The van der Waals surface area contributed by atoms with Crippen LogP contribution in [0, 0.1) is 22.7 Å². The first kappa shape index (κ1) is 16.2. The Labute approximate surface area is 146 Å². The Balaban J connectivity index is 1.62. The van der Waals surface area contributed by atoms with Crippen molar-refractivity contribution in [1.29, 1.82) is 0 Å². The first-order valence-electron chi connectivity index (χ1n) is 9.53. The van der Waals surface area contributed by atoms with Crippen LogP contribution in [-0.4, -0.2) is 12.6 Å². The van der Waals surface area contributed by atoms with Crippen LogP contribution in [0.3, 0.4) is 0 Å².